The van der Waals surface area contributed by atoms with E-state index in [-0.39, 0.29) is 18.0 Å². The van der Waals surface area contributed by atoms with Gasteiger partial charge < -0.3 is 4.74 Å². The lowest BCUT2D eigenvalue weighted by Gasteiger charge is -2.34. The molecule has 1 aliphatic carbocycles. The minimum absolute atomic E-state index is 0.131. The molecule has 1 aliphatic heterocycles. The van der Waals surface area contributed by atoms with Crippen molar-refractivity contribution in [2.75, 3.05) is 26.2 Å². The van der Waals surface area contributed by atoms with Crippen LogP contribution in [-0.2, 0) is 24.3 Å². The van der Waals surface area contributed by atoms with Gasteiger partial charge in [0.1, 0.15) is 11.5 Å². The van der Waals surface area contributed by atoms with E-state index in [0.29, 0.717) is 23.7 Å². The average molecular weight is 608 g/mol. The number of hydrogen-bond acceptors (Lipinski definition) is 8. The summed E-state index contributed by atoms with van der Waals surface area (Å²) in [6.45, 7) is 5.93. The van der Waals surface area contributed by atoms with Gasteiger partial charge >= 0.3 is 0 Å². The van der Waals surface area contributed by atoms with Crippen LogP contribution in [0.4, 0.5) is 4.39 Å². The van der Waals surface area contributed by atoms with Crippen LogP contribution in [0, 0.1) is 11.7 Å². The molecule has 9 heteroatoms. The number of ketones is 1. The lowest BCUT2D eigenvalue weighted by Crippen LogP contribution is -2.45. The summed E-state index contributed by atoms with van der Waals surface area (Å²) >= 11 is 1.53. The maximum Gasteiger partial charge on any atom is 0.166 e. The van der Waals surface area contributed by atoms with Crippen LogP contribution in [0.1, 0.15) is 36.0 Å². The molecule has 1 aromatic carbocycles. The molecule has 0 atom stereocenters. The van der Waals surface area contributed by atoms with Crippen molar-refractivity contribution in [1.29, 1.82) is 0 Å². The van der Waals surface area contributed by atoms with E-state index in [9.17, 15) is 9.18 Å². The van der Waals surface area contributed by atoms with Crippen LogP contribution in [0.5, 0.6) is 11.5 Å². The third-order valence-electron chi connectivity index (χ3n) is 8.28. The highest BCUT2D eigenvalue weighted by Crippen LogP contribution is 2.39. The molecule has 0 N–H and O–H groups in total. The van der Waals surface area contributed by atoms with E-state index in [0.717, 1.165) is 72.9 Å². The smallest absolute Gasteiger partial charge is 0.166 e. The van der Waals surface area contributed by atoms with Crippen molar-refractivity contribution >= 4 is 27.3 Å². The molecule has 1 saturated heterocycles. The van der Waals surface area contributed by atoms with Crippen LogP contribution in [-0.4, -0.2) is 56.7 Å². The second-order valence-electron chi connectivity index (χ2n) is 11.8. The second kappa shape index (κ2) is 12.9. The maximum absolute atomic E-state index is 15.0. The summed E-state index contributed by atoms with van der Waals surface area (Å²) in [7, 11) is 0. The molecule has 44 heavy (non-hydrogen) atoms. The van der Waals surface area contributed by atoms with E-state index in [2.05, 4.69) is 38.0 Å². The fourth-order valence-corrected chi connectivity index (χ4v) is 6.74. The molecular formula is C35H34FN5O2S. The average Bonchev–Trinajstić information content (AvgIpc) is 3.74. The Morgan fingerprint density at radius 1 is 0.864 bits per heavy atom. The number of aromatic nitrogens is 3. The quantitative estimate of drug-likeness (QED) is 0.162. The third kappa shape index (κ3) is 7.01. The molecule has 0 unspecified atom stereocenters. The first-order valence-electron chi connectivity index (χ1n) is 15.2. The van der Waals surface area contributed by atoms with Gasteiger partial charge in [-0.15, -0.1) is 11.3 Å². The Labute approximate surface area is 260 Å². The molecule has 5 heterocycles. The summed E-state index contributed by atoms with van der Waals surface area (Å²) in [6.07, 6.45) is 10.5. The van der Waals surface area contributed by atoms with E-state index in [4.69, 9.17) is 9.72 Å². The van der Waals surface area contributed by atoms with Crippen LogP contribution in [0.2, 0.25) is 0 Å². The van der Waals surface area contributed by atoms with E-state index in [1.54, 1.807) is 24.4 Å². The first-order valence-corrected chi connectivity index (χ1v) is 16.0. The lowest BCUT2D eigenvalue weighted by molar-refractivity contribution is -0.118. The highest BCUT2D eigenvalue weighted by molar-refractivity contribution is 7.22. The molecule has 7 nitrogen and oxygen atoms in total. The molecule has 0 bridgehead atoms. The van der Waals surface area contributed by atoms with Crippen molar-refractivity contribution in [3.05, 3.63) is 102 Å². The summed E-state index contributed by atoms with van der Waals surface area (Å²) < 4.78 is 21.8. The monoisotopic (exact) mass is 607 g/mol. The standard InChI is InChI=1S/C35H34FN5O2S/c36-29-18-25(17-28(42)16-24-3-4-24)6-8-32(29)43-33-9-11-38-31-19-34(44-35(31)33)30-7-5-27(21-39-30)23-41-14-12-40(13-15-41)22-26-2-1-10-37-20-26/h1-2,5-11,18-21,24H,3-4,12-17,22-23H2. The number of piperazine rings is 1. The SMILES string of the molecule is O=C(Cc1ccc(Oc2ccnc3cc(-c4ccc(CN5CCN(Cc6cccnc6)CC5)cn4)sc23)c(F)c1)CC1CC1. The molecule has 4 aromatic heterocycles. The van der Waals surface area contributed by atoms with Crippen LogP contribution in [0.15, 0.2) is 79.4 Å². The molecule has 1 saturated carbocycles. The van der Waals surface area contributed by atoms with Crippen LogP contribution < -0.4 is 4.74 Å². The Kier molecular flexibility index (Phi) is 8.41. The zero-order valence-corrected chi connectivity index (χ0v) is 25.3. The fraction of sp³-hybridized carbons (Fsp3) is 0.314. The largest absolute Gasteiger partial charge is 0.453 e. The first-order chi connectivity index (χ1) is 21.6. The number of hydrogen-bond donors (Lipinski definition) is 0. The van der Waals surface area contributed by atoms with Crippen molar-refractivity contribution in [3.63, 3.8) is 0 Å². The van der Waals surface area contributed by atoms with Crippen LogP contribution in [0.3, 0.4) is 0 Å². The van der Waals surface area contributed by atoms with Crippen molar-refractivity contribution in [2.24, 2.45) is 5.92 Å². The Hall–Kier alpha value is -4.05. The van der Waals surface area contributed by atoms with Crippen molar-refractivity contribution < 1.29 is 13.9 Å². The van der Waals surface area contributed by atoms with Gasteiger partial charge in [0.05, 0.1) is 20.8 Å². The molecule has 2 aliphatic rings. The van der Waals surface area contributed by atoms with Gasteiger partial charge in [-0.3, -0.25) is 29.5 Å². The highest BCUT2D eigenvalue weighted by atomic mass is 32.1. The minimum atomic E-state index is -0.476. The molecule has 0 amide bonds. The zero-order valence-electron chi connectivity index (χ0n) is 24.5. The topological polar surface area (TPSA) is 71.5 Å². The Bertz CT molecular complexity index is 1750. The summed E-state index contributed by atoms with van der Waals surface area (Å²) in [4.78, 5) is 31.7. The normalized spacial score (nSPS) is 15.9. The van der Waals surface area contributed by atoms with Crippen molar-refractivity contribution in [1.82, 2.24) is 24.8 Å². The first kappa shape index (κ1) is 28.7. The Balaban J connectivity index is 0.977. The van der Waals surface area contributed by atoms with Crippen LogP contribution in [0.25, 0.3) is 20.8 Å². The number of thiophene rings is 1. The fourth-order valence-electron chi connectivity index (χ4n) is 5.70. The van der Waals surface area contributed by atoms with Gasteiger partial charge in [0, 0.05) is 83.0 Å². The molecule has 0 radical (unpaired) electrons. The van der Waals surface area contributed by atoms with Gasteiger partial charge in [0.25, 0.3) is 0 Å². The van der Waals surface area contributed by atoms with Gasteiger partial charge in [-0.1, -0.05) is 18.2 Å². The number of ether oxygens (including phenoxy) is 1. The second-order valence-corrected chi connectivity index (χ2v) is 12.9. The Morgan fingerprint density at radius 3 is 2.32 bits per heavy atom. The number of Topliss-reactive ketones (excluding diaryl/α,β-unsaturated/α-hetero) is 1. The molecule has 224 valence electrons. The number of fused-ring (bicyclic) bond motifs is 1. The van der Waals surface area contributed by atoms with Gasteiger partial charge in [0.15, 0.2) is 11.6 Å². The van der Waals surface area contributed by atoms with Gasteiger partial charge in [-0.2, -0.15) is 0 Å². The molecule has 0 spiro atoms. The molecular weight excluding hydrogens is 573 g/mol. The van der Waals surface area contributed by atoms with E-state index < -0.39 is 5.82 Å². The van der Waals surface area contributed by atoms with Gasteiger partial charge in [0.2, 0.25) is 0 Å². The van der Waals surface area contributed by atoms with Gasteiger partial charge in [-0.05, 0) is 65.8 Å². The minimum Gasteiger partial charge on any atom is -0.453 e. The summed E-state index contributed by atoms with van der Waals surface area (Å²) in [5, 5.41) is 0. The summed E-state index contributed by atoms with van der Waals surface area (Å²) in [5.74, 6) is 0.895. The van der Waals surface area contributed by atoms with Crippen LogP contribution >= 0.6 is 11.3 Å². The Morgan fingerprint density at radius 2 is 1.64 bits per heavy atom. The molecule has 2 fully saturated rings. The number of nitrogens with zero attached hydrogens (tertiary/aromatic N) is 5. The van der Waals surface area contributed by atoms with Gasteiger partial charge in [-0.25, -0.2) is 4.39 Å². The number of benzene rings is 1. The summed E-state index contributed by atoms with van der Waals surface area (Å²) in [5.41, 5.74) is 4.77. The van der Waals surface area contributed by atoms with Crippen molar-refractivity contribution in [3.8, 4) is 22.1 Å². The van der Waals surface area contributed by atoms with E-state index in [1.807, 2.05) is 30.7 Å². The number of halogens is 1. The zero-order chi connectivity index (χ0) is 29.9. The third-order valence-corrected chi connectivity index (χ3v) is 9.45. The number of pyridine rings is 3. The summed E-state index contributed by atoms with van der Waals surface area (Å²) in [6, 6.07) is 16.9. The number of carbonyl (C=O) groups excluding carboxylic acids is 1. The number of rotatable bonds is 11. The molecule has 7 rings (SSSR count). The lowest BCUT2D eigenvalue weighted by atomic mass is 10.0. The maximum atomic E-state index is 15.0. The predicted octanol–water partition coefficient (Wildman–Crippen LogP) is 6.91. The highest BCUT2D eigenvalue weighted by Gasteiger charge is 2.24. The van der Waals surface area contributed by atoms with E-state index >= 15 is 0 Å². The van der Waals surface area contributed by atoms with Crippen molar-refractivity contribution in [2.45, 2.75) is 38.8 Å². The molecule has 5 aromatic rings. The number of carbonyl (C=O) groups is 1. The van der Waals surface area contributed by atoms with E-state index in [1.165, 1.54) is 28.5 Å². The predicted molar refractivity (Wildman–Crippen MR) is 170 cm³/mol.